The number of para-hydroxylation sites is 2. The molecule has 8 rings (SSSR count). The topological polar surface area (TPSA) is 118 Å². The monoisotopic (exact) mass is 707 g/mol. The first kappa shape index (κ1) is 31.7. The van der Waals surface area contributed by atoms with Gasteiger partial charge in [0, 0.05) is 16.0 Å². The van der Waals surface area contributed by atoms with Gasteiger partial charge < -0.3 is 19.8 Å². The number of H-pyrrole nitrogens is 1. The van der Waals surface area contributed by atoms with Gasteiger partial charge in [-0.15, -0.1) is 11.8 Å². The number of fused-ring (bicyclic) bond motifs is 9. The second kappa shape index (κ2) is 11.8. The minimum absolute atomic E-state index is 0.00772. The molecule has 9 nitrogen and oxygen atoms in total. The number of hydrogen-bond acceptors (Lipinski definition) is 8. The number of hydrogen-bond donors (Lipinski definition) is 2. The van der Waals surface area contributed by atoms with Crippen LogP contribution in [0, 0.1) is 29.6 Å². The van der Waals surface area contributed by atoms with E-state index in [4.69, 9.17) is 9.47 Å². The average Bonchev–Trinajstić information content (AvgIpc) is 3.82. The number of benzene rings is 3. The molecule has 2 bridgehead atoms. The number of rotatable bonds is 7. The Bertz CT molecular complexity index is 2050. The molecule has 252 valence electrons. The van der Waals surface area contributed by atoms with Gasteiger partial charge >= 0.3 is 11.0 Å². The zero-order chi connectivity index (χ0) is 34.2. The third-order valence-corrected chi connectivity index (χ3v) is 12.7. The normalized spacial score (nSPS) is 26.7. The molecule has 0 unspecified atom stereocenters. The molecule has 2 N–H and O–H groups in total. The molecule has 1 saturated heterocycles. The lowest BCUT2D eigenvalue weighted by Crippen LogP contribution is -2.42. The zero-order valence-electron chi connectivity index (χ0n) is 25.7. The standard InChI is InChI=1S/C35H28F3N3O6S2/c1-46-23-13-16(11-12-22(23)47-15-24(42)39-21-10-6-5-9-20(21)35(36,37)38)25-26-18-14-19(29(26)48-31-30(25)49-34(45)40-31)28-27(18)32(43)41(33(28)44)17-7-3-2-4-8-17/h2-13,18-19,25-29H,14-15H2,1H3,(H,39,42)(H,40,45)/t18-,19-,25+,26-,27+,28+,29-/m1/s1. The first-order chi connectivity index (χ1) is 23.5. The van der Waals surface area contributed by atoms with Crippen LogP contribution in [0.1, 0.15) is 28.3 Å². The molecule has 1 aromatic heterocycles. The van der Waals surface area contributed by atoms with Crippen LogP contribution in [0.15, 0.2) is 82.6 Å². The van der Waals surface area contributed by atoms with E-state index in [0.717, 1.165) is 39.3 Å². The van der Waals surface area contributed by atoms with Crippen molar-refractivity contribution in [2.45, 2.75) is 28.8 Å². The molecule has 3 amide bonds. The summed E-state index contributed by atoms with van der Waals surface area (Å²) in [6.45, 7) is -0.572. The van der Waals surface area contributed by atoms with Crippen LogP contribution in [0.5, 0.6) is 11.5 Å². The fraction of sp³-hybridized carbons (Fsp3) is 0.314. The van der Waals surface area contributed by atoms with Crippen molar-refractivity contribution in [2.24, 2.45) is 29.6 Å². The third kappa shape index (κ3) is 5.14. The number of nitrogens with one attached hydrogen (secondary N) is 2. The SMILES string of the molecule is COc1cc([C@@H]2c3sc(=O)[nH]c3S[C@@H]3[C@@H]4C[C@@H]([C@@H]5C(=O)N(c6ccccc6)C(=O)[C@@H]45)[C@H]23)ccc1OCC(=O)Nc1ccccc1C(F)(F)F. The number of amides is 3. The first-order valence-corrected chi connectivity index (χ1v) is 17.3. The molecule has 2 aliphatic heterocycles. The van der Waals surface area contributed by atoms with Crippen LogP contribution >= 0.6 is 23.1 Å². The zero-order valence-corrected chi connectivity index (χ0v) is 27.4. The number of aromatic amines is 1. The molecule has 3 aromatic carbocycles. The van der Waals surface area contributed by atoms with Crippen molar-refractivity contribution in [3.63, 3.8) is 0 Å². The van der Waals surface area contributed by atoms with Crippen LogP contribution in [-0.4, -0.2) is 41.7 Å². The van der Waals surface area contributed by atoms with E-state index in [1.807, 2.05) is 12.1 Å². The summed E-state index contributed by atoms with van der Waals surface area (Å²) in [5, 5.41) is 3.02. The highest BCUT2D eigenvalue weighted by Gasteiger charge is 2.69. The Morgan fingerprint density at radius 3 is 2.41 bits per heavy atom. The van der Waals surface area contributed by atoms with Crippen molar-refractivity contribution in [2.75, 3.05) is 23.9 Å². The highest BCUT2D eigenvalue weighted by atomic mass is 32.2. The number of carbonyl (C=O) groups is 3. The van der Waals surface area contributed by atoms with Crippen LogP contribution in [0.3, 0.4) is 0 Å². The van der Waals surface area contributed by atoms with E-state index in [-0.39, 0.29) is 57.0 Å². The van der Waals surface area contributed by atoms with E-state index < -0.39 is 36.1 Å². The second-order valence-electron chi connectivity index (χ2n) is 12.6. The predicted molar refractivity (Wildman–Crippen MR) is 176 cm³/mol. The molecule has 2 saturated carbocycles. The number of thiazole rings is 1. The third-order valence-electron chi connectivity index (χ3n) is 10.2. The molecular weight excluding hydrogens is 680 g/mol. The number of ether oxygens (including phenoxy) is 2. The van der Waals surface area contributed by atoms with Crippen molar-refractivity contribution in [3.05, 3.63) is 98.5 Å². The van der Waals surface area contributed by atoms with Gasteiger partial charge in [-0.1, -0.05) is 47.7 Å². The Morgan fingerprint density at radius 2 is 1.67 bits per heavy atom. The van der Waals surface area contributed by atoms with E-state index in [2.05, 4.69) is 10.3 Å². The number of alkyl halides is 3. The molecule has 4 aromatic rings. The summed E-state index contributed by atoms with van der Waals surface area (Å²) >= 11 is 2.72. The number of imide groups is 1. The van der Waals surface area contributed by atoms with E-state index >= 15 is 0 Å². The molecule has 3 heterocycles. The summed E-state index contributed by atoms with van der Waals surface area (Å²) in [4.78, 5) is 58.0. The van der Waals surface area contributed by atoms with Crippen molar-refractivity contribution in [1.82, 2.24) is 4.98 Å². The summed E-state index contributed by atoms with van der Waals surface area (Å²) in [5.41, 5.74) is 0.0456. The maximum atomic E-state index is 13.9. The Balaban J connectivity index is 1.07. The quantitative estimate of drug-likeness (QED) is 0.221. The average molecular weight is 708 g/mol. The summed E-state index contributed by atoms with van der Waals surface area (Å²) in [6, 6.07) is 18.9. The molecule has 4 aliphatic rings. The lowest BCUT2D eigenvalue weighted by molar-refractivity contribution is -0.137. The number of nitrogens with zero attached hydrogens (tertiary/aromatic N) is 1. The van der Waals surface area contributed by atoms with Crippen LogP contribution < -0.4 is 24.6 Å². The van der Waals surface area contributed by atoms with Crippen molar-refractivity contribution in [1.29, 1.82) is 0 Å². The molecule has 0 spiro atoms. The fourth-order valence-corrected chi connectivity index (χ4v) is 11.3. The minimum Gasteiger partial charge on any atom is -0.493 e. The molecule has 2 aliphatic carbocycles. The van der Waals surface area contributed by atoms with Crippen LogP contribution in [-0.2, 0) is 20.6 Å². The highest BCUT2D eigenvalue weighted by Crippen LogP contribution is 2.68. The van der Waals surface area contributed by atoms with Crippen LogP contribution in [0.4, 0.5) is 24.5 Å². The number of thioether (sulfide) groups is 1. The van der Waals surface area contributed by atoms with Crippen molar-refractivity contribution < 1.29 is 37.0 Å². The minimum atomic E-state index is -4.64. The summed E-state index contributed by atoms with van der Waals surface area (Å²) < 4.78 is 51.5. The molecular formula is C35H28F3N3O6S2. The van der Waals surface area contributed by atoms with Gasteiger partial charge in [0.2, 0.25) is 11.8 Å². The summed E-state index contributed by atoms with van der Waals surface area (Å²) in [6.07, 6.45) is -3.91. The Labute approximate surface area is 285 Å². The Hall–Kier alpha value is -4.56. The van der Waals surface area contributed by atoms with Gasteiger partial charge in [-0.05, 0) is 66.1 Å². The first-order valence-electron chi connectivity index (χ1n) is 15.6. The van der Waals surface area contributed by atoms with Gasteiger partial charge in [-0.2, -0.15) is 13.2 Å². The van der Waals surface area contributed by atoms with Crippen molar-refractivity contribution >= 4 is 52.2 Å². The lowest BCUT2D eigenvalue weighted by Gasteiger charge is -2.43. The number of halogens is 3. The lowest BCUT2D eigenvalue weighted by atomic mass is 9.68. The van der Waals surface area contributed by atoms with Gasteiger partial charge in [0.1, 0.15) is 0 Å². The maximum absolute atomic E-state index is 13.9. The molecule has 14 heteroatoms. The molecule has 3 fully saturated rings. The van der Waals surface area contributed by atoms with E-state index in [0.29, 0.717) is 11.4 Å². The van der Waals surface area contributed by atoms with Gasteiger partial charge in [0.05, 0.1) is 40.9 Å². The smallest absolute Gasteiger partial charge is 0.418 e. The summed E-state index contributed by atoms with van der Waals surface area (Å²) in [5.74, 6) is -1.95. The number of anilines is 2. The molecule has 0 radical (unpaired) electrons. The highest BCUT2D eigenvalue weighted by molar-refractivity contribution is 8.00. The summed E-state index contributed by atoms with van der Waals surface area (Å²) in [7, 11) is 1.44. The fourth-order valence-electron chi connectivity index (χ4n) is 8.39. The van der Waals surface area contributed by atoms with E-state index in [1.54, 1.807) is 48.2 Å². The van der Waals surface area contributed by atoms with Gasteiger partial charge in [0.25, 0.3) is 5.91 Å². The van der Waals surface area contributed by atoms with E-state index in [9.17, 15) is 32.3 Å². The Kier molecular flexibility index (Phi) is 7.63. The van der Waals surface area contributed by atoms with Crippen LogP contribution in [0.2, 0.25) is 0 Å². The number of carbonyl (C=O) groups excluding carboxylic acids is 3. The maximum Gasteiger partial charge on any atom is 0.418 e. The van der Waals surface area contributed by atoms with Gasteiger partial charge in [-0.3, -0.25) is 24.1 Å². The Morgan fingerprint density at radius 1 is 0.959 bits per heavy atom. The van der Waals surface area contributed by atoms with Gasteiger partial charge in [0.15, 0.2) is 18.1 Å². The van der Waals surface area contributed by atoms with Crippen LogP contribution in [0.25, 0.3) is 0 Å². The second-order valence-corrected chi connectivity index (χ2v) is 14.8. The number of aromatic nitrogens is 1. The van der Waals surface area contributed by atoms with E-state index in [1.165, 1.54) is 30.2 Å². The molecule has 7 atom stereocenters. The largest absolute Gasteiger partial charge is 0.493 e. The van der Waals surface area contributed by atoms with Crippen molar-refractivity contribution in [3.8, 4) is 11.5 Å². The van der Waals surface area contributed by atoms with Gasteiger partial charge in [-0.25, -0.2) is 0 Å². The predicted octanol–water partition coefficient (Wildman–Crippen LogP) is 6.16. The number of methoxy groups -OCH3 is 1. The molecule has 49 heavy (non-hydrogen) atoms.